The zero-order valence-corrected chi connectivity index (χ0v) is 28.2. The second kappa shape index (κ2) is 10.3. The first-order valence-electron chi connectivity index (χ1n) is 17.6. The molecule has 1 saturated heterocycles. The minimum atomic E-state index is -0.212. The highest BCUT2D eigenvalue weighted by Crippen LogP contribution is 2.76. The number of nitrogens with one attached hydrogen (secondary N) is 1. The summed E-state index contributed by atoms with van der Waals surface area (Å²) in [5.41, 5.74) is 3.44. The second-order valence-corrected chi connectivity index (χ2v) is 17.5. The van der Waals surface area contributed by atoms with Gasteiger partial charge in [-0.3, -0.25) is 9.69 Å². The number of alkyl carbamates (subject to hydrolysis) is 1. The number of amides is 1. The van der Waals surface area contributed by atoms with E-state index in [0.717, 1.165) is 45.3 Å². The number of ether oxygens (including phenoxy) is 1. The van der Waals surface area contributed by atoms with Gasteiger partial charge in [0, 0.05) is 19.0 Å². The third-order valence-electron chi connectivity index (χ3n) is 14.9. The average Bonchev–Trinajstić information content (AvgIpc) is 3.51. The summed E-state index contributed by atoms with van der Waals surface area (Å²) in [7, 11) is 0. The van der Waals surface area contributed by atoms with E-state index in [9.17, 15) is 9.59 Å². The molecule has 5 aliphatic carbocycles. The van der Waals surface area contributed by atoms with Crippen LogP contribution >= 0.6 is 0 Å². The molecule has 1 aliphatic heterocycles. The molecular weight excluding hydrogens is 520 g/mol. The molecule has 0 radical (unpaired) electrons. The highest BCUT2D eigenvalue weighted by atomic mass is 16.5. The first-order chi connectivity index (χ1) is 19.7. The molecule has 6 aliphatic rings. The zero-order chi connectivity index (χ0) is 30.3. The molecule has 236 valence electrons. The van der Waals surface area contributed by atoms with Crippen molar-refractivity contribution >= 4 is 11.9 Å². The van der Waals surface area contributed by atoms with E-state index in [1.54, 1.807) is 5.57 Å². The Hall–Kier alpha value is -1.36. The van der Waals surface area contributed by atoms with Crippen molar-refractivity contribution in [1.82, 2.24) is 10.2 Å². The molecule has 5 fully saturated rings. The van der Waals surface area contributed by atoms with E-state index in [0.29, 0.717) is 36.1 Å². The van der Waals surface area contributed by atoms with E-state index in [1.165, 1.54) is 50.5 Å². The molecule has 5 heteroatoms. The van der Waals surface area contributed by atoms with Crippen LogP contribution in [0, 0.1) is 50.7 Å². The third kappa shape index (κ3) is 4.39. The lowest BCUT2D eigenvalue weighted by atomic mass is 9.32. The van der Waals surface area contributed by atoms with Crippen LogP contribution in [0.5, 0.6) is 0 Å². The highest BCUT2D eigenvalue weighted by molar-refractivity contribution is 6.00. The first-order valence-corrected chi connectivity index (χ1v) is 17.6. The predicted octanol–water partition coefficient (Wildman–Crippen LogP) is 8.18. The molecule has 1 amide bonds. The Morgan fingerprint density at radius 3 is 2.31 bits per heavy atom. The molecule has 0 spiro atoms. The van der Waals surface area contributed by atoms with Gasteiger partial charge in [0.2, 0.25) is 0 Å². The smallest absolute Gasteiger partial charge is 0.407 e. The number of nitrogens with zero attached hydrogens (tertiary/aromatic N) is 1. The molecule has 1 heterocycles. The van der Waals surface area contributed by atoms with Crippen molar-refractivity contribution in [2.24, 2.45) is 50.7 Å². The normalized spacial score (nSPS) is 44.8. The lowest BCUT2D eigenvalue weighted by molar-refractivity contribution is -0.219. The number of fused-ring (bicyclic) bond motifs is 7. The van der Waals surface area contributed by atoms with E-state index >= 15 is 0 Å². The van der Waals surface area contributed by atoms with Crippen LogP contribution in [-0.2, 0) is 9.53 Å². The van der Waals surface area contributed by atoms with Crippen LogP contribution in [0.3, 0.4) is 0 Å². The maximum Gasteiger partial charge on any atom is 0.407 e. The van der Waals surface area contributed by atoms with Gasteiger partial charge in [-0.05, 0) is 134 Å². The van der Waals surface area contributed by atoms with Gasteiger partial charge in [0.05, 0.1) is 0 Å². The molecule has 0 bridgehead atoms. The van der Waals surface area contributed by atoms with E-state index in [-0.39, 0.29) is 39.2 Å². The van der Waals surface area contributed by atoms with Crippen LogP contribution < -0.4 is 5.32 Å². The number of carbonyl (C=O) groups is 2. The number of rotatable bonds is 5. The fourth-order valence-electron chi connectivity index (χ4n) is 12.6. The molecule has 6 rings (SSSR count). The molecule has 1 unspecified atom stereocenters. The van der Waals surface area contributed by atoms with E-state index in [1.807, 2.05) is 0 Å². The van der Waals surface area contributed by atoms with Crippen LogP contribution in [0.1, 0.15) is 126 Å². The van der Waals surface area contributed by atoms with Crippen molar-refractivity contribution in [3.8, 4) is 0 Å². The van der Waals surface area contributed by atoms with Crippen molar-refractivity contribution in [3.05, 3.63) is 11.1 Å². The molecule has 0 aromatic heterocycles. The largest absolute Gasteiger partial charge is 0.448 e. The molecule has 42 heavy (non-hydrogen) atoms. The summed E-state index contributed by atoms with van der Waals surface area (Å²) in [6.07, 6.45) is 12.4. The monoisotopic (exact) mass is 580 g/mol. The van der Waals surface area contributed by atoms with Gasteiger partial charge >= 0.3 is 6.09 Å². The van der Waals surface area contributed by atoms with Gasteiger partial charge in [0.15, 0.2) is 5.78 Å². The van der Waals surface area contributed by atoms with Gasteiger partial charge in [0.1, 0.15) is 6.61 Å². The number of likely N-dealkylation sites (tertiary alicyclic amines) is 1. The first kappa shape index (κ1) is 30.7. The number of carbonyl (C=O) groups excluding carboxylic acids is 2. The molecule has 1 N–H and O–H groups in total. The van der Waals surface area contributed by atoms with Gasteiger partial charge in [-0.1, -0.05) is 61.0 Å². The minimum Gasteiger partial charge on any atom is -0.448 e. The van der Waals surface area contributed by atoms with Gasteiger partial charge < -0.3 is 10.1 Å². The number of ketones is 1. The molecule has 0 aromatic rings. The van der Waals surface area contributed by atoms with E-state index in [2.05, 4.69) is 65.6 Å². The van der Waals surface area contributed by atoms with Crippen molar-refractivity contribution in [3.63, 3.8) is 0 Å². The summed E-state index contributed by atoms with van der Waals surface area (Å²) in [6.45, 7) is 23.3. The maximum absolute atomic E-state index is 13.4. The topological polar surface area (TPSA) is 58.6 Å². The van der Waals surface area contributed by atoms with Crippen molar-refractivity contribution in [1.29, 1.82) is 0 Å². The van der Waals surface area contributed by atoms with Crippen LogP contribution in [-0.4, -0.2) is 49.1 Å². The predicted molar refractivity (Wildman–Crippen MR) is 169 cm³/mol. The van der Waals surface area contributed by atoms with E-state index in [4.69, 9.17) is 4.74 Å². The Morgan fingerprint density at radius 1 is 0.905 bits per heavy atom. The van der Waals surface area contributed by atoms with Crippen molar-refractivity contribution in [2.45, 2.75) is 132 Å². The van der Waals surface area contributed by atoms with Gasteiger partial charge in [-0.25, -0.2) is 4.79 Å². The van der Waals surface area contributed by atoms with Crippen LogP contribution in [0.2, 0.25) is 0 Å². The molecule has 4 saturated carbocycles. The minimum absolute atomic E-state index is 0.0260. The fraction of sp³-hybridized carbons (Fsp3) is 0.892. The number of hydrogen-bond donors (Lipinski definition) is 1. The van der Waals surface area contributed by atoms with Crippen LogP contribution in [0.15, 0.2) is 11.1 Å². The summed E-state index contributed by atoms with van der Waals surface area (Å²) in [5, 5.41) is 3.49. The van der Waals surface area contributed by atoms with Gasteiger partial charge in [-0.15, -0.1) is 0 Å². The second-order valence-electron chi connectivity index (χ2n) is 17.5. The maximum atomic E-state index is 13.4. The molecule has 5 nitrogen and oxygen atoms in total. The Bertz CT molecular complexity index is 1140. The lowest BCUT2D eigenvalue weighted by Crippen LogP contribution is -2.69. The third-order valence-corrected chi connectivity index (χ3v) is 14.9. The fourth-order valence-corrected chi connectivity index (χ4v) is 12.6. The zero-order valence-electron chi connectivity index (χ0n) is 28.2. The summed E-state index contributed by atoms with van der Waals surface area (Å²) in [5.74, 6) is 2.36. The van der Waals surface area contributed by atoms with Crippen LogP contribution in [0.25, 0.3) is 0 Å². The summed E-state index contributed by atoms with van der Waals surface area (Å²) >= 11 is 0. The number of hydrogen-bond acceptors (Lipinski definition) is 4. The standard InChI is InChI=1S/C37H60N2O3/c1-24(2)30-26(40)23-34(5)17-18-35(6)25(31(30)34)11-12-28-36(35,7)16-13-27-33(3,4)15-14-29(37(27,28)8)38-32(41)42-22-21-39-19-9-10-20-39/h24-25,27-29H,9-23H2,1-8H3,(H,38,41)/t25-,27+,28+,29?,34+,35-,36-,37+/m1/s1. The Balaban J connectivity index is 1.30. The van der Waals surface area contributed by atoms with Gasteiger partial charge in [-0.2, -0.15) is 0 Å². The molecular formula is C37H60N2O3. The van der Waals surface area contributed by atoms with Crippen LogP contribution in [0.4, 0.5) is 4.79 Å². The highest BCUT2D eigenvalue weighted by Gasteiger charge is 2.70. The number of Topliss-reactive ketones (excluding diaryl/α,β-unsaturated/α-hetero) is 1. The Kier molecular flexibility index (Phi) is 7.55. The van der Waals surface area contributed by atoms with Gasteiger partial charge in [0.25, 0.3) is 0 Å². The van der Waals surface area contributed by atoms with E-state index < -0.39 is 0 Å². The lowest BCUT2D eigenvalue weighted by Gasteiger charge is -2.72. The molecule has 0 aromatic carbocycles. The average molecular weight is 581 g/mol. The summed E-state index contributed by atoms with van der Waals surface area (Å²) in [6, 6.07) is 0.145. The Morgan fingerprint density at radius 2 is 1.62 bits per heavy atom. The summed E-state index contributed by atoms with van der Waals surface area (Å²) in [4.78, 5) is 29.1. The summed E-state index contributed by atoms with van der Waals surface area (Å²) < 4.78 is 5.82. The molecule has 8 atom stereocenters. The van der Waals surface area contributed by atoms with Crippen molar-refractivity contribution in [2.75, 3.05) is 26.2 Å². The number of allylic oxidation sites excluding steroid dienone is 2. The SMILES string of the molecule is CC(C)C1=C2[C@H]3CC[C@@H]4[C@@]5(C)C(NC(=O)OCCN6CCCC6)CCC(C)(C)[C@@H]5CC[C@@]4(C)[C@]3(C)CC[C@@]2(C)CC1=O. The Labute approximate surface area is 256 Å². The van der Waals surface area contributed by atoms with Crippen molar-refractivity contribution < 1.29 is 14.3 Å². The quantitative estimate of drug-likeness (QED) is 0.356.